The lowest BCUT2D eigenvalue weighted by atomic mass is 10.4. The zero-order chi connectivity index (χ0) is 14.1. The molecule has 3 aromatic rings. The van der Waals surface area contributed by atoms with Crippen molar-refractivity contribution in [3.63, 3.8) is 0 Å². The molecule has 102 valence electrons. The van der Waals surface area contributed by atoms with Gasteiger partial charge < -0.3 is 15.1 Å². The summed E-state index contributed by atoms with van der Waals surface area (Å²) in [5, 5.41) is 1.28. The van der Waals surface area contributed by atoms with E-state index < -0.39 is 0 Å². The van der Waals surface area contributed by atoms with Crippen molar-refractivity contribution in [3.8, 4) is 0 Å². The Kier molecular flexibility index (Phi) is 3.29. The molecule has 0 radical (unpaired) electrons. The van der Waals surface area contributed by atoms with Crippen LogP contribution in [-0.4, -0.2) is 19.4 Å². The Morgan fingerprint density at radius 3 is 3.00 bits per heavy atom. The average Bonchev–Trinajstić information content (AvgIpc) is 2.74. The van der Waals surface area contributed by atoms with Crippen molar-refractivity contribution < 1.29 is 0 Å². The van der Waals surface area contributed by atoms with Gasteiger partial charge in [-0.05, 0) is 30.8 Å². The Hall–Kier alpha value is -2.12. The molecule has 0 atom stereocenters. The number of aryl methyl sites for hydroxylation is 1. The Bertz CT molecular complexity index is 823. The summed E-state index contributed by atoms with van der Waals surface area (Å²) in [6, 6.07) is 7.21. The van der Waals surface area contributed by atoms with E-state index in [9.17, 15) is 4.79 Å². The third kappa shape index (κ3) is 2.33. The summed E-state index contributed by atoms with van der Waals surface area (Å²) < 4.78 is 1.94. The van der Waals surface area contributed by atoms with Gasteiger partial charge in [-0.2, -0.15) is 0 Å². The lowest BCUT2D eigenvalue weighted by Crippen LogP contribution is -2.08. The van der Waals surface area contributed by atoms with E-state index in [4.69, 9.17) is 5.73 Å². The molecule has 0 unspecified atom stereocenters. The van der Waals surface area contributed by atoms with E-state index in [1.165, 1.54) is 17.8 Å². The van der Waals surface area contributed by atoms with Gasteiger partial charge >= 0.3 is 0 Å². The number of fused-ring (bicyclic) bond motifs is 1. The maximum Gasteiger partial charge on any atom is 0.251 e. The minimum Gasteiger partial charge on any atom is -0.325 e. The number of hydrogen-bond acceptors (Lipinski definition) is 5. The van der Waals surface area contributed by atoms with E-state index in [2.05, 4.69) is 15.0 Å². The Morgan fingerprint density at radius 2 is 2.25 bits per heavy atom. The number of rotatable bonds is 3. The minimum absolute atomic E-state index is 0.168. The zero-order valence-electron chi connectivity index (χ0n) is 10.8. The molecule has 0 fully saturated rings. The number of hydrogen-bond donors (Lipinski definition) is 2. The first-order valence-corrected chi connectivity index (χ1v) is 6.91. The van der Waals surface area contributed by atoms with E-state index in [1.807, 2.05) is 28.8 Å². The molecular formula is C13H13N5OS. The van der Waals surface area contributed by atoms with E-state index >= 15 is 0 Å². The van der Waals surface area contributed by atoms with Gasteiger partial charge in [0.05, 0.1) is 5.69 Å². The summed E-state index contributed by atoms with van der Waals surface area (Å²) in [7, 11) is 0. The molecule has 0 saturated carbocycles. The summed E-state index contributed by atoms with van der Waals surface area (Å²) in [5.74, 6) is 0. The Balaban J connectivity index is 2.08. The molecule has 6 nitrogen and oxygen atoms in total. The van der Waals surface area contributed by atoms with Gasteiger partial charge in [0, 0.05) is 24.5 Å². The van der Waals surface area contributed by atoms with Crippen molar-refractivity contribution in [1.82, 2.24) is 19.4 Å². The molecule has 0 spiro atoms. The monoisotopic (exact) mass is 287 g/mol. The largest absolute Gasteiger partial charge is 0.325 e. The molecule has 3 aromatic heterocycles. The molecule has 20 heavy (non-hydrogen) atoms. The van der Waals surface area contributed by atoms with Crippen LogP contribution < -0.4 is 11.3 Å². The van der Waals surface area contributed by atoms with Gasteiger partial charge in [-0.3, -0.25) is 4.79 Å². The molecule has 0 aliphatic rings. The van der Waals surface area contributed by atoms with Crippen LogP contribution in [0, 0.1) is 6.92 Å². The van der Waals surface area contributed by atoms with E-state index in [0.29, 0.717) is 17.4 Å². The highest BCUT2D eigenvalue weighted by Gasteiger charge is 2.13. The van der Waals surface area contributed by atoms with Gasteiger partial charge in [-0.25, -0.2) is 9.97 Å². The fourth-order valence-corrected chi connectivity index (χ4v) is 2.95. The highest BCUT2D eigenvalue weighted by Crippen LogP contribution is 2.27. The molecule has 0 saturated heterocycles. The zero-order valence-corrected chi connectivity index (χ0v) is 11.6. The highest BCUT2D eigenvalue weighted by atomic mass is 32.2. The maximum absolute atomic E-state index is 11.5. The fourth-order valence-electron chi connectivity index (χ4n) is 1.98. The molecular weight excluding hydrogens is 274 g/mol. The average molecular weight is 287 g/mol. The Morgan fingerprint density at radius 1 is 1.40 bits per heavy atom. The lowest BCUT2D eigenvalue weighted by molar-refractivity contribution is 0.890. The summed E-state index contributed by atoms with van der Waals surface area (Å²) in [5.41, 5.74) is 8.04. The van der Waals surface area contributed by atoms with Crippen LogP contribution in [0.3, 0.4) is 0 Å². The number of nitrogens with one attached hydrogen (secondary N) is 1. The number of H-pyrrole nitrogens is 1. The molecule has 3 heterocycles. The quantitative estimate of drug-likeness (QED) is 0.709. The third-order valence-electron chi connectivity index (χ3n) is 2.83. The van der Waals surface area contributed by atoms with Gasteiger partial charge in [0.2, 0.25) is 0 Å². The SMILES string of the molecule is Cc1cc(=O)[nH]c(Sc2nc3ccccn3c2CN)n1. The molecule has 3 rings (SSSR count). The van der Waals surface area contributed by atoms with Crippen molar-refractivity contribution in [1.29, 1.82) is 0 Å². The number of nitrogens with two attached hydrogens (primary N) is 1. The summed E-state index contributed by atoms with van der Waals surface area (Å²) >= 11 is 1.31. The van der Waals surface area contributed by atoms with E-state index in [1.54, 1.807) is 6.92 Å². The van der Waals surface area contributed by atoms with Gasteiger partial charge in [0.25, 0.3) is 5.56 Å². The van der Waals surface area contributed by atoms with E-state index in [-0.39, 0.29) is 5.56 Å². The number of aromatic nitrogens is 4. The van der Waals surface area contributed by atoms with Crippen LogP contribution in [0.15, 0.2) is 45.4 Å². The molecule has 3 N–H and O–H groups in total. The first kappa shape index (κ1) is 12.9. The van der Waals surface area contributed by atoms with Gasteiger partial charge in [-0.1, -0.05) is 6.07 Å². The number of aromatic amines is 1. The molecule has 0 bridgehead atoms. The molecule has 7 heteroatoms. The fraction of sp³-hybridized carbons (Fsp3) is 0.154. The number of nitrogens with zero attached hydrogens (tertiary/aromatic N) is 3. The predicted molar refractivity (Wildman–Crippen MR) is 76.8 cm³/mol. The van der Waals surface area contributed by atoms with Crippen molar-refractivity contribution in [3.05, 3.63) is 52.2 Å². The maximum atomic E-state index is 11.5. The first-order chi connectivity index (χ1) is 9.67. The van der Waals surface area contributed by atoms with Gasteiger partial charge in [0.1, 0.15) is 10.7 Å². The van der Waals surface area contributed by atoms with Crippen LogP contribution in [0.4, 0.5) is 0 Å². The number of pyridine rings is 1. The second-order valence-electron chi connectivity index (χ2n) is 4.29. The second-order valence-corrected chi connectivity index (χ2v) is 5.27. The number of imidazole rings is 1. The van der Waals surface area contributed by atoms with Gasteiger partial charge in [-0.15, -0.1) is 0 Å². The smallest absolute Gasteiger partial charge is 0.251 e. The first-order valence-electron chi connectivity index (χ1n) is 6.09. The van der Waals surface area contributed by atoms with Crippen LogP contribution in [0.25, 0.3) is 5.65 Å². The van der Waals surface area contributed by atoms with Crippen LogP contribution in [-0.2, 0) is 6.54 Å². The van der Waals surface area contributed by atoms with Crippen molar-refractivity contribution >= 4 is 17.4 Å². The van der Waals surface area contributed by atoms with E-state index in [0.717, 1.165) is 16.4 Å². The van der Waals surface area contributed by atoms with Crippen LogP contribution in [0.2, 0.25) is 0 Å². The topological polar surface area (TPSA) is 89.1 Å². The van der Waals surface area contributed by atoms with Crippen LogP contribution in [0.5, 0.6) is 0 Å². The summed E-state index contributed by atoms with van der Waals surface area (Å²) in [6.45, 7) is 2.15. The molecule has 0 amide bonds. The van der Waals surface area contributed by atoms with Crippen molar-refractivity contribution in [2.24, 2.45) is 5.73 Å². The van der Waals surface area contributed by atoms with Gasteiger partial charge in [0.15, 0.2) is 5.16 Å². The minimum atomic E-state index is -0.168. The van der Waals surface area contributed by atoms with Crippen LogP contribution in [0.1, 0.15) is 11.4 Å². The van der Waals surface area contributed by atoms with Crippen molar-refractivity contribution in [2.75, 3.05) is 0 Å². The second kappa shape index (κ2) is 5.10. The molecule has 0 aliphatic carbocycles. The molecule has 0 aromatic carbocycles. The normalized spacial score (nSPS) is 11.1. The Labute approximate surface area is 119 Å². The summed E-state index contributed by atoms with van der Waals surface area (Å²) in [6.07, 6.45) is 1.92. The predicted octanol–water partition coefficient (Wildman–Crippen LogP) is 1.34. The van der Waals surface area contributed by atoms with Crippen LogP contribution >= 0.6 is 11.8 Å². The summed E-state index contributed by atoms with van der Waals surface area (Å²) in [4.78, 5) is 23.0. The third-order valence-corrected chi connectivity index (χ3v) is 3.73. The lowest BCUT2D eigenvalue weighted by Gasteiger charge is -2.02. The van der Waals surface area contributed by atoms with Crippen molar-refractivity contribution in [2.45, 2.75) is 23.7 Å². The standard InChI is InChI=1S/C13H13N5OS/c1-8-6-11(19)17-13(15-8)20-12-9(7-14)18-5-3-2-4-10(18)16-12/h2-6H,7,14H2,1H3,(H,15,17,19). The highest BCUT2D eigenvalue weighted by molar-refractivity contribution is 7.99. The molecule has 0 aliphatic heterocycles.